The first-order chi connectivity index (χ1) is 34.7. The second-order valence-electron chi connectivity index (χ2n) is 16.8. The van der Waals surface area contributed by atoms with Gasteiger partial charge in [0, 0.05) is 54.6 Å². The normalized spacial score (nSPS) is 18.5. The molecule has 14 nitrogen and oxygen atoms in total. The zero-order chi connectivity index (χ0) is 49.6. The maximum Gasteiger partial charge on any atom is 0.351 e. The van der Waals surface area contributed by atoms with Gasteiger partial charge in [0.1, 0.15) is 41.2 Å². The molecule has 5 atom stereocenters. The van der Waals surface area contributed by atoms with Crippen LogP contribution in [0.5, 0.6) is 11.5 Å². The molecule has 1 N–H and O–H groups in total. The summed E-state index contributed by atoms with van der Waals surface area (Å²) < 4.78 is 49.1. The van der Waals surface area contributed by atoms with Crippen molar-refractivity contribution < 1.29 is 42.5 Å². The van der Waals surface area contributed by atoms with Crippen LogP contribution in [0.2, 0.25) is 0 Å². The van der Waals surface area contributed by atoms with Gasteiger partial charge in [-0.2, -0.15) is 4.98 Å². The molecule has 1 amide bonds. The minimum Gasteiger partial charge on any atom is -0.497 e. The number of nitrogens with one attached hydrogen (secondary N) is 1. The van der Waals surface area contributed by atoms with Crippen LogP contribution in [-0.4, -0.2) is 109 Å². The van der Waals surface area contributed by atoms with Crippen LogP contribution in [0, 0.1) is 6.92 Å². The van der Waals surface area contributed by atoms with Gasteiger partial charge in [-0.3, -0.25) is 18.8 Å². The molecule has 2 fully saturated rings. The van der Waals surface area contributed by atoms with Gasteiger partial charge in [-0.05, 0) is 72.9 Å². The van der Waals surface area contributed by atoms with Crippen molar-refractivity contribution in [2.45, 2.75) is 49.9 Å². The Bertz CT molecular complexity index is 2650. The van der Waals surface area contributed by atoms with Crippen molar-refractivity contribution in [3.63, 3.8) is 0 Å². The number of aromatic nitrogens is 2. The van der Waals surface area contributed by atoms with Crippen LogP contribution in [-0.2, 0) is 29.1 Å². The number of thioether (sulfide) groups is 1. The Morgan fingerprint density at radius 2 is 1.32 bits per heavy atom. The van der Waals surface area contributed by atoms with E-state index in [1.807, 2.05) is 115 Å². The number of aryl methyl sites for hydroxylation is 1. The molecule has 0 saturated carbocycles. The summed E-state index contributed by atoms with van der Waals surface area (Å²) in [6.07, 6.45) is 0.151. The lowest BCUT2D eigenvalue weighted by Gasteiger charge is -2.38. The number of ether oxygens (including phenoxy) is 6. The summed E-state index contributed by atoms with van der Waals surface area (Å²) >= 11 is 2.97. The third kappa shape index (κ3) is 12.6. The molecule has 2 unspecified atom stereocenters. The Kier molecular flexibility index (Phi) is 18.5. The van der Waals surface area contributed by atoms with E-state index in [4.69, 9.17) is 32.9 Å². The van der Waals surface area contributed by atoms with Gasteiger partial charge in [0.25, 0.3) is 5.91 Å². The third-order valence-electron chi connectivity index (χ3n) is 12.3. The van der Waals surface area contributed by atoms with Gasteiger partial charge in [0.2, 0.25) is 5.12 Å². The van der Waals surface area contributed by atoms with Crippen LogP contribution in [0.1, 0.15) is 62.0 Å². The molecule has 3 heterocycles. The Morgan fingerprint density at radius 3 is 1.92 bits per heavy atom. The minimum atomic E-state index is -1.35. The van der Waals surface area contributed by atoms with Gasteiger partial charge >= 0.3 is 5.69 Å². The zero-order valence-electron chi connectivity index (χ0n) is 40.2. The second-order valence-corrected chi connectivity index (χ2v) is 21.5. The summed E-state index contributed by atoms with van der Waals surface area (Å²) in [6, 6.07) is 43.7. The summed E-state index contributed by atoms with van der Waals surface area (Å²) in [7, 11) is 3.51. The van der Waals surface area contributed by atoms with E-state index in [2.05, 4.69) is 15.0 Å². The molecule has 0 spiro atoms. The molecule has 1 aromatic heterocycles. The van der Waals surface area contributed by atoms with Crippen LogP contribution in [0.3, 0.4) is 0 Å². The first-order valence-corrected chi connectivity index (χ1v) is 27.3. The molecule has 2 aliphatic rings. The lowest BCUT2D eigenvalue weighted by Crippen LogP contribution is -2.42. The van der Waals surface area contributed by atoms with Crippen molar-refractivity contribution in [2.75, 3.05) is 71.1 Å². The first kappa shape index (κ1) is 51.9. The quantitative estimate of drug-likeness (QED) is 0.0369. The van der Waals surface area contributed by atoms with Gasteiger partial charge in [-0.25, -0.2) is 4.79 Å². The smallest absolute Gasteiger partial charge is 0.351 e. The Balaban J connectivity index is 1.18. The summed E-state index contributed by atoms with van der Waals surface area (Å²) in [5, 5.41) is 2.83. The van der Waals surface area contributed by atoms with Gasteiger partial charge in [-0.1, -0.05) is 126 Å². The molecule has 0 aliphatic carbocycles. The summed E-state index contributed by atoms with van der Waals surface area (Å²) in [5.74, 6) is 2.33. The molecule has 372 valence electrons. The van der Waals surface area contributed by atoms with Crippen LogP contribution >= 0.6 is 30.6 Å². The van der Waals surface area contributed by atoms with Crippen molar-refractivity contribution in [1.82, 2.24) is 14.2 Å². The predicted molar refractivity (Wildman–Crippen MR) is 280 cm³/mol. The summed E-state index contributed by atoms with van der Waals surface area (Å²) in [5.41, 5.74) is 2.28. The Morgan fingerprint density at radius 1 is 0.746 bits per heavy atom. The lowest BCUT2D eigenvalue weighted by atomic mass is 9.80. The van der Waals surface area contributed by atoms with Gasteiger partial charge < -0.3 is 38.3 Å². The average Bonchev–Trinajstić information content (AvgIpc) is 4.08. The van der Waals surface area contributed by atoms with Crippen LogP contribution < -0.4 is 20.5 Å². The van der Waals surface area contributed by atoms with E-state index in [1.165, 1.54) is 16.3 Å². The van der Waals surface area contributed by atoms with E-state index in [0.717, 1.165) is 42.6 Å². The molecule has 6 aromatic rings. The topological polar surface area (TPSA) is 149 Å². The second kappa shape index (κ2) is 25.3. The molecule has 2 aliphatic heterocycles. The number of rotatable bonds is 23. The summed E-state index contributed by atoms with van der Waals surface area (Å²) in [6.45, 7) is 3.86. The van der Waals surface area contributed by atoms with Gasteiger partial charge in [0.05, 0.1) is 34.0 Å². The zero-order valence-corrected chi connectivity index (χ0v) is 42.7. The molecular weight excluding hydrogens is 960 g/mol. The number of anilines is 1. The molecule has 71 heavy (non-hydrogen) atoms. The summed E-state index contributed by atoms with van der Waals surface area (Å²) in [4.78, 5) is 45.1. The van der Waals surface area contributed by atoms with Crippen LogP contribution in [0.15, 0.2) is 151 Å². The van der Waals surface area contributed by atoms with Crippen molar-refractivity contribution in [3.05, 3.63) is 190 Å². The highest BCUT2D eigenvalue weighted by molar-refractivity contribution is 8.53. The first-order valence-electron chi connectivity index (χ1n) is 23.5. The highest BCUT2D eigenvalue weighted by atomic mass is 32.7. The van der Waals surface area contributed by atoms with E-state index in [1.54, 1.807) is 70.1 Å². The molecular formula is C54H59N4O10PS2. The molecule has 5 aromatic carbocycles. The van der Waals surface area contributed by atoms with Crippen molar-refractivity contribution >= 4 is 47.5 Å². The number of methoxy groups -OCH3 is 3. The largest absolute Gasteiger partial charge is 0.497 e. The fourth-order valence-electron chi connectivity index (χ4n) is 8.62. The van der Waals surface area contributed by atoms with Crippen molar-refractivity contribution in [1.29, 1.82) is 0 Å². The Hall–Kier alpha value is -5.39. The average molecular weight is 1020 g/mol. The Labute approximate surface area is 424 Å². The predicted octanol–water partition coefficient (Wildman–Crippen LogP) is 9.77. The van der Waals surface area contributed by atoms with E-state index < -0.39 is 49.2 Å². The maximum absolute atomic E-state index is 14.3. The number of hydrogen-bond acceptors (Lipinski definition) is 14. The lowest BCUT2D eigenvalue weighted by molar-refractivity contribution is -0.0989. The number of nitrogens with zero attached hydrogens (tertiary/aromatic N) is 3. The molecule has 8 rings (SSSR count). The van der Waals surface area contributed by atoms with Gasteiger partial charge in [0.15, 0.2) is 13.7 Å². The number of hydrogen-bond donors (Lipinski definition) is 1. The van der Waals surface area contributed by atoms with Crippen LogP contribution in [0.25, 0.3) is 0 Å². The molecule has 2 saturated heterocycles. The number of carbonyl (C=O) groups excluding carboxylic acids is 2. The number of benzene rings is 5. The maximum atomic E-state index is 14.3. The molecule has 0 radical (unpaired) electrons. The van der Waals surface area contributed by atoms with Crippen molar-refractivity contribution in [3.8, 4) is 11.5 Å². The number of carbonyl (C=O) groups is 2. The monoisotopic (exact) mass is 1020 g/mol. The molecule has 17 heteroatoms. The highest BCUT2D eigenvalue weighted by Gasteiger charge is 2.51. The highest BCUT2D eigenvalue weighted by Crippen LogP contribution is 2.58. The molecule has 0 bridgehead atoms. The van der Waals surface area contributed by atoms with E-state index in [-0.39, 0.29) is 30.8 Å². The fraction of sp³-hybridized carbons (Fsp3) is 0.333. The fourth-order valence-corrected chi connectivity index (χ4v) is 13.9. The van der Waals surface area contributed by atoms with E-state index in [9.17, 15) is 14.4 Å². The van der Waals surface area contributed by atoms with Crippen molar-refractivity contribution in [2.24, 2.45) is 0 Å². The minimum absolute atomic E-state index is 0.0177. The standard InChI is InChI=1S/C54H59N4O10PS2/c1-38-36-58(53(61)56-49(38)55-50(59)39-16-8-5-9-17-39)51-48(65-33-32-62-2)47(68-69(57-30-14-15-31-57)71-35-34-70-52(60)40-18-10-6-11-19-40)46(67-51)37-66-54(41-20-12-7-13-21-41,42-22-26-44(63-3)27-23-42)43-24-28-45(64-4)29-25-43/h5-13,16-29,36,46-48,51H,14-15,30-35,37H2,1-4H3,(H,55,56,59,61)/t46-,47+,48?,51-,69?/m1/s1. The van der Waals surface area contributed by atoms with Crippen LogP contribution in [0.4, 0.5) is 5.82 Å². The van der Waals surface area contributed by atoms with E-state index in [0.29, 0.717) is 39.7 Å². The SMILES string of the molecule is COCCOC1[C@@H](OP(SCCSC(=O)c2ccccc2)N2CCCC2)[C@@H](COC(c2ccccc2)(c2ccc(OC)cc2)c2ccc(OC)cc2)O[C@H]1n1cc(C)c(NC(=O)c2ccccc2)nc1=O. The van der Waals surface area contributed by atoms with E-state index >= 15 is 0 Å². The number of amides is 1. The van der Waals surface area contributed by atoms with Gasteiger partial charge in [-0.15, -0.1) is 0 Å². The third-order valence-corrected chi connectivity index (χ3v) is 17.5.